The number of benzene rings is 3. The lowest BCUT2D eigenvalue weighted by Crippen LogP contribution is -2.41. The van der Waals surface area contributed by atoms with Crippen molar-refractivity contribution in [2.45, 2.75) is 58.1 Å². The van der Waals surface area contributed by atoms with E-state index in [4.69, 9.17) is 21.1 Å². The number of fused-ring (bicyclic) bond motifs is 1. The Kier molecular flexibility index (Phi) is 9.50. The van der Waals surface area contributed by atoms with Crippen molar-refractivity contribution in [2.75, 3.05) is 37.5 Å². The number of ether oxygens (including phenoxy) is 2. The second-order valence-electron chi connectivity index (χ2n) is 12.0. The topological polar surface area (TPSA) is 71.1 Å². The minimum absolute atomic E-state index is 0.0148. The van der Waals surface area contributed by atoms with Gasteiger partial charge in [0, 0.05) is 43.0 Å². The van der Waals surface area contributed by atoms with Gasteiger partial charge in [-0.2, -0.15) is 0 Å². The number of hydrogen-bond donors (Lipinski definition) is 1. The fraction of sp³-hybridized carbons (Fsp3) is 0.429. The quantitative estimate of drug-likeness (QED) is 0.291. The fourth-order valence-corrected chi connectivity index (χ4v) is 6.63. The molecule has 5 rings (SSSR count). The van der Waals surface area contributed by atoms with Crippen molar-refractivity contribution in [1.82, 2.24) is 5.32 Å². The van der Waals surface area contributed by atoms with E-state index < -0.39 is 0 Å². The zero-order chi connectivity index (χ0) is 30.7. The maximum Gasteiger partial charge on any atom is 0.232 e. The molecule has 2 aliphatic rings. The largest absolute Gasteiger partial charge is 0.493 e. The van der Waals surface area contributed by atoms with Crippen molar-refractivity contribution in [3.8, 4) is 11.5 Å². The molecule has 228 valence electrons. The van der Waals surface area contributed by atoms with Crippen molar-refractivity contribution in [3.05, 3.63) is 82.4 Å². The van der Waals surface area contributed by atoms with Crippen LogP contribution in [-0.4, -0.2) is 45.7 Å². The number of amides is 2. The summed E-state index contributed by atoms with van der Waals surface area (Å²) in [5, 5.41) is 3.44. The summed E-state index contributed by atoms with van der Waals surface area (Å²) < 4.78 is 11.8. The van der Waals surface area contributed by atoms with Gasteiger partial charge >= 0.3 is 0 Å². The molecule has 0 radical (unpaired) electrons. The third-order valence-corrected chi connectivity index (χ3v) is 8.95. The molecule has 0 saturated heterocycles. The molecule has 2 amide bonds. The summed E-state index contributed by atoms with van der Waals surface area (Å²) in [6.07, 6.45) is 4.22. The van der Waals surface area contributed by atoms with Crippen LogP contribution in [0, 0.1) is 11.8 Å². The first-order chi connectivity index (χ1) is 20.7. The van der Waals surface area contributed by atoms with E-state index in [0.717, 1.165) is 60.3 Å². The Balaban J connectivity index is 1.42. The first-order valence-corrected chi connectivity index (χ1v) is 15.5. The summed E-state index contributed by atoms with van der Waals surface area (Å²) in [6.45, 7) is 4.91. The van der Waals surface area contributed by atoms with Crippen LogP contribution in [0.15, 0.2) is 60.7 Å². The zero-order valence-electron chi connectivity index (χ0n) is 25.7. The lowest BCUT2D eigenvalue weighted by Gasteiger charge is -2.38. The predicted octanol–water partition coefficient (Wildman–Crippen LogP) is 6.80. The van der Waals surface area contributed by atoms with E-state index in [1.54, 1.807) is 14.2 Å². The summed E-state index contributed by atoms with van der Waals surface area (Å²) >= 11 is 6.26. The summed E-state index contributed by atoms with van der Waals surface area (Å²) in [5.41, 5.74) is 4.83. The van der Waals surface area contributed by atoms with E-state index in [1.165, 1.54) is 0 Å². The van der Waals surface area contributed by atoms with E-state index in [1.807, 2.05) is 67.3 Å². The second-order valence-corrected chi connectivity index (χ2v) is 12.4. The van der Waals surface area contributed by atoms with Crippen LogP contribution in [-0.2, 0) is 16.0 Å². The molecule has 1 saturated carbocycles. The first kappa shape index (κ1) is 30.7. The van der Waals surface area contributed by atoms with Crippen LogP contribution in [0.5, 0.6) is 11.5 Å². The number of halogens is 1. The van der Waals surface area contributed by atoms with E-state index >= 15 is 0 Å². The van der Waals surface area contributed by atoms with Gasteiger partial charge in [-0.25, -0.2) is 0 Å². The number of anilines is 2. The average Bonchev–Trinajstić information content (AvgIpc) is 3.00. The van der Waals surface area contributed by atoms with Crippen LogP contribution in [0.25, 0.3) is 0 Å². The average molecular weight is 604 g/mol. The van der Waals surface area contributed by atoms with Gasteiger partial charge < -0.3 is 24.6 Å². The molecule has 1 atom stereocenters. The number of nitrogens with one attached hydrogen (secondary N) is 1. The van der Waals surface area contributed by atoms with Crippen molar-refractivity contribution >= 4 is 34.8 Å². The Labute approximate surface area is 260 Å². The highest BCUT2D eigenvalue weighted by atomic mass is 35.5. The van der Waals surface area contributed by atoms with Gasteiger partial charge in [0.25, 0.3) is 0 Å². The number of rotatable bonds is 9. The third kappa shape index (κ3) is 6.77. The number of nitrogens with zero attached hydrogens (tertiary/aromatic N) is 2. The van der Waals surface area contributed by atoms with Crippen LogP contribution in [0.4, 0.5) is 11.4 Å². The molecular weight excluding hydrogens is 562 g/mol. The van der Waals surface area contributed by atoms with Crippen LogP contribution in [0.1, 0.15) is 62.3 Å². The molecule has 43 heavy (non-hydrogen) atoms. The molecule has 3 aromatic rings. The minimum Gasteiger partial charge on any atom is -0.493 e. The normalized spacial score (nSPS) is 20.0. The molecule has 1 aliphatic heterocycles. The Hall–Kier alpha value is -3.71. The van der Waals surface area contributed by atoms with Gasteiger partial charge in [-0.15, -0.1) is 0 Å². The SMILES string of the molecule is CNC(=O)[C@H]1CC[C@H](CN(C)c2ccc(N3C(=O)Cc4cc(OC)c(OC(C)C)cc4[C@@H]3c3ccc(Cl)cc3)cc2)CC1. The minimum atomic E-state index is -0.354. The van der Waals surface area contributed by atoms with Crippen LogP contribution >= 0.6 is 11.6 Å². The molecule has 0 aromatic heterocycles. The predicted molar refractivity (Wildman–Crippen MR) is 172 cm³/mol. The summed E-state index contributed by atoms with van der Waals surface area (Å²) in [5.74, 6) is 2.15. The number of methoxy groups -OCH3 is 1. The maximum atomic E-state index is 13.8. The van der Waals surface area contributed by atoms with Gasteiger partial charge in [-0.05, 0) is 111 Å². The van der Waals surface area contributed by atoms with Crippen molar-refractivity contribution < 1.29 is 19.1 Å². The maximum absolute atomic E-state index is 13.8. The van der Waals surface area contributed by atoms with Crippen molar-refractivity contribution in [1.29, 1.82) is 0 Å². The van der Waals surface area contributed by atoms with Crippen LogP contribution < -0.4 is 24.6 Å². The highest BCUT2D eigenvalue weighted by molar-refractivity contribution is 6.30. The summed E-state index contributed by atoms with van der Waals surface area (Å²) in [7, 11) is 5.45. The smallest absolute Gasteiger partial charge is 0.232 e. The monoisotopic (exact) mass is 603 g/mol. The fourth-order valence-electron chi connectivity index (χ4n) is 6.50. The highest BCUT2D eigenvalue weighted by Crippen LogP contribution is 2.44. The van der Waals surface area contributed by atoms with Gasteiger partial charge in [-0.3, -0.25) is 9.59 Å². The summed E-state index contributed by atoms with van der Waals surface area (Å²) in [4.78, 5) is 30.0. The second kappa shape index (κ2) is 13.3. The van der Waals surface area contributed by atoms with Gasteiger partial charge in [0.2, 0.25) is 11.8 Å². The molecule has 0 spiro atoms. The Morgan fingerprint density at radius 1 is 1.02 bits per heavy atom. The lowest BCUT2D eigenvalue weighted by atomic mass is 9.81. The molecule has 0 unspecified atom stereocenters. The van der Waals surface area contributed by atoms with E-state index in [2.05, 4.69) is 29.4 Å². The molecule has 8 heteroatoms. The molecule has 1 fully saturated rings. The number of carbonyl (C=O) groups excluding carboxylic acids is 2. The van der Waals surface area contributed by atoms with Gasteiger partial charge in [0.15, 0.2) is 11.5 Å². The molecule has 1 heterocycles. The molecule has 1 N–H and O–H groups in total. The number of hydrogen-bond acceptors (Lipinski definition) is 5. The van der Waals surface area contributed by atoms with Gasteiger partial charge in [-0.1, -0.05) is 23.7 Å². The molecule has 1 aliphatic carbocycles. The number of carbonyl (C=O) groups is 2. The Morgan fingerprint density at radius 2 is 1.70 bits per heavy atom. The molecule has 7 nitrogen and oxygen atoms in total. The van der Waals surface area contributed by atoms with E-state index in [9.17, 15) is 9.59 Å². The standard InChI is InChI=1S/C35H42ClN3O4/c1-22(2)43-32-20-30-26(18-31(32)42-5)19-33(40)39(34(30)24-10-12-27(36)13-11-24)29-16-14-28(15-17-29)38(4)21-23-6-8-25(9-7-23)35(41)37-3/h10-18,20,22-23,25,34H,6-9,19,21H2,1-5H3,(H,37,41)/t23-,25-,34-/m0/s1. The molecule has 0 bridgehead atoms. The molecular formula is C35H42ClN3O4. The van der Waals surface area contributed by atoms with Crippen molar-refractivity contribution in [2.24, 2.45) is 11.8 Å². The van der Waals surface area contributed by atoms with Crippen LogP contribution in [0.3, 0.4) is 0 Å². The highest BCUT2D eigenvalue weighted by Gasteiger charge is 2.36. The Bertz CT molecular complexity index is 1430. The lowest BCUT2D eigenvalue weighted by molar-refractivity contribution is -0.125. The van der Waals surface area contributed by atoms with Crippen LogP contribution in [0.2, 0.25) is 5.02 Å². The van der Waals surface area contributed by atoms with Gasteiger partial charge in [0.1, 0.15) is 0 Å². The van der Waals surface area contributed by atoms with Gasteiger partial charge in [0.05, 0.1) is 25.7 Å². The van der Waals surface area contributed by atoms with E-state index in [0.29, 0.717) is 22.4 Å². The van der Waals surface area contributed by atoms with E-state index in [-0.39, 0.29) is 36.3 Å². The Morgan fingerprint density at radius 3 is 2.30 bits per heavy atom. The zero-order valence-corrected chi connectivity index (χ0v) is 26.5. The molecule has 3 aromatic carbocycles. The first-order valence-electron chi connectivity index (χ1n) is 15.2. The third-order valence-electron chi connectivity index (χ3n) is 8.70. The van der Waals surface area contributed by atoms with Crippen molar-refractivity contribution in [3.63, 3.8) is 0 Å². The summed E-state index contributed by atoms with van der Waals surface area (Å²) in [6, 6.07) is 19.6.